The highest BCUT2D eigenvalue weighted by Crippen LogP contribution is 2.44. The fourth-order valence-electron chi connectivity index (χ4n) is 4.25. The van der Waals surface area contributed by atoms with Crippen LogP contribution in [0.25, 0.3) is 11.0 Å². The Labute approximate surface area is 201 Å². The van der Waals surface area contributed by atoms with Crippen LogP contribution in [0.1, 0.15) is 32.1 Å². The Balaban J connectivity index is 1.33. The van der Waals surface area contributed by atoms with Crippen molar-refractivity contribution in [1.29, 1.82) is 0 Å². The van der Waals surface area contributed by atoms with Crippen LogP contribution in [0.4, 0.5) is 0 Å². The molecule has 2 fully saturated rings. The van der Waals surface area contributed by atoms with Crippen molar-refractivity contribution in [3.63, 3.8) is 0 Å². The number of fused-ring (bicyclic) bond motifs is 2. The van der Waals surface area contributed by atoms with E-state index in [9.17, 15) is 8.42 Å². The summed E-state index contributed by atoms with van der Waals surface area (Å²) in [6.45, 7) is 5.57. The largest absolute Gasteiger partial charge is 0.349 e. The molecule has 4 atom stereocenters. The SMILES string of the molecule is Cc1ccc(S(=O)(=O)NN=CC[C@H]2O[C@@H](n3ccc4c(Cl)ncnc43)[C@@H]3OC(C)(C)O[C@@H]32)cc1. The first-order valence-electron chi connectivity index (χ1n) is 10.7. The van der Waals surface area contributed by atoms with E-state index in [-0.39, 0.29) is 11.0 Å². The van der Waals surface area contributed by atoms with Crippen LogP contribution in [0.5, 0.6) is 0 Å². The summed E-state index contributed by atoms with van der Waals surface area (Å²) < 4.78 is 45.3. The number of nitrogens with zero attached hydrogens (tertiary/aromatic N) is 4. The van der Waals surface area contributed by atoms with Crippen molar-refractivity contribution in [3.8, 4) is 0 Å². The first kappa shape index (κ1) is 23.2. The summed E-state index contributed by atoms with van der Waals surface area (Å²) in [5, 5.41) is 4.98. The zero-order chi connectivity index (χ0) is 24.1. The molecule has 10 nitrogen and oxygen atoms in total. The molecular formula is C22H24ClN5O5S. The molecule has 5 rings (SSSR count). The summed E-state index contributed by atoms with van der Waals surface area (Å²) in [6.07, 6.45) is 3.29. The van der Waals surface area contributed by atoms with Crippen molar-refractivity contribution in [2.24, 2.45) is 5.10 Å². The van der Waals surface area contributed by atoms with Crippen molar-refractivity contribution in [1.82, 2.24) is 19.4 Å². The predicted octanol–water partition coefficient (Wildman–Crippen LogP) is 3.17. The van der Waals surface area contributed by atoms with E-state index >= 15 is 0 Å². The number of ether oxygens (including phenoxy) is 3. The third-order valence-electron chi connectivity index (χ3n) is 5.79. The number of aryl methyl sites for hydroxylation is 1. The number of aromatic nitrogens is 3. The Morgan fingerprint density at radius 1 is 1.18 bits per heavy atom. The molecule has 0 saturated carbocycles. The van der Waals surface area contributed by atoms with Gasteiger partial charge in [0, 0.05) is 18.8 Å². The Hall–Kier alpha value is -2.57. The first-order chi connectivity index (χ1) is 16.1. The number of benzene rings is 1. The summed E-state index contributed by atoms with van der Waals surface area (Å²) in [5.74, 6) is -0.796. The number of hydrazone groups is 1. The molecule has 2 saturated heterocycles. The van der Waals surface area contributed by atoms with Gasteiger partial charge < -0.3 is 18.8 Å². The van der Waals surface area contributed by atoms with Gasteiger partial charge in [-0.05, 0) is 39.0 Å². The van der Waals surface area contributed by atoms with E-state index < -0.39 is 34.2 Å². The molecule has 2 aliphatic heterocycles. The summed E-state index contributed by atoms with van der Waals surface area (Å²) in [5.41, 5.74) is 1.59. The standard InChI is InChI=1S/C22H24ClN5O5S/c1-13-4-6-14(7-5-13)34(29,30)27-26-10-8-16-17-18(33-22(2,3)32-17)21(31-16)28-11-9-15-19(23)24-12-25-20(15)28/h4-7,9-12,16-18,21,27H,8H2,1-3H3/t16-,17-,18-,21-/m1/s1. The van der Waals surface area contributed by atoms with Gasteiger partial charge in [0.05, 0.1) is 16.4 Å². The maximum atomic E-state index is 12.4. The first-order valence-corrected chi connectivity index (χ1v) is 12.6. The van der Waals surface area contributed by atoms with Gasteiger partial charge in [-0.15, -0.1) is 0 Å². The Bertz CT molecular complexity index is 1340. The Morgan fingerprint density at radius 3 is 2.68 bits per heavy atom. The third-order valence-corrected chi connectivity index (χ3v) is 7.33. The quantitative estimate of drug-likeness (QED) is 0.310. The number of rotatable bonds is 6. The fourth-order valence-corrected chi connectivity index (χ4v) is 5.26. The molecule has 0 amide bonds. The average Bonchev–Trinajstić information content (AvgIpc) is 3.43. The smallest absolute Gasteiger partial charge is 0.276 e. The minimum absolute atomic E-state index is 0.141. The lowest BCUT2D eigenvalue weighted by atomic mass is 10.1. The average molecular weight is 506 g/mol. The number of halogens is 1. The summed E-state index contributed by atoms with van der Waals surface area (Å²) in [7, 11) is -3.76. The number of hydrogen-bond acceptors (Lipinski definition) is 8. The maximum Gasteiger partial charge on any atom is 0.276 e. The second kappa shape index (κ2) is 8.58. The molecule has 2 aliphatic rings. The number of nitrogens with one attached hydrogen (secondary N) is 1. The predicted molar refractivity (Wildman–Crippen MR) is 125 cm³/mol. The van der Waals surface area contributed by atoms with Crippen LogP contribution < -0.4 is 4.83 Å². The molecular weight excluding hydrogens is 482 g/mol. The maximum absolute atomic E-state index is 12.4. The van der Waals surface area contributed by atoms with Gasteiger partial charge >= 0.3 is 0 Å². The second-order valence-electron chi connectivity index (χ2n) is 8.71. The van der Waals surface area contributed by atoms with Crippen molar-refractivity contribution < 1.29 is 22.6 Å². The Morgan fingerprint density at radius 2 is 1.91 bits per heavy atom. The lowest BCUT2D eigenvalue weighted by molar-refractivity contribution is -0.195. The lowest BCUT2D eigenvalue weighted by Crippen LogP contribution is -2.30. The van der Waals surface area contributed by atoms with Crippen LogP contribution >= 0.6 is 11.6 Å². The summed E-state index contributed by atoms with van der Waals surface area (Å²) >= 11 is 6.20. The summed E-state index contributed by atoms with van der Waals surface area (Å²) in [4.78, 5) is 10.7. The van der Waals surface area contributed by atoms with Crippen LogP contribution in [0.2, 0.25) is 5.15 Å². The number of hydrogen-bond donors (Lipinski definition) is 1. The van der Waals surface area contributed by atoms with Crippen molar-refractivity contribution >= 4 is 38.9 Å². The zero-order valence-corrected chi connectivity index (χ0v) is 20.3. The van der Waals surface area contributed by atoms with Gasteiger partial charge in [0.25, 0.3) is 10.0 Å². The molecule has 12 heteroatoms. The molecule has 0 radical (unpaired) electrons. The molecule has 0 bridgehead atoms. The lowest BCUT2D eigenvalue weighted by Gasteiger charge is -2.24. The van der Waals surface area contributed by atoms with Crippen LogP contribution in [0, 0.1) is 6.92 Å². The van der Waals surface area contributed by atoms with Crippen LogP contribution in [-0.4, -0.2) is 53.3 Å². The van der Waals surface area contributed by atoms with E-state index in [4.69, 9.17) is 25.8 Å². The van der Waals surface area contributed by atoms with E-state index in [1.165, 1.54) is 24.7 Å². The molecule has 0 unspecified atom stereocenters. The Kier molecular flexibility index (Phi) is 5.85. The van der Waals surface area contributed by atoms with Gasteiger partial charge in [-0.1, -0.05) is 29.3 Å². The van der Waals surface area contributed by atoms with Gasteiger partial charge in [-0.25, -0.2) is 14.8 Å². The van der Waals surface area contributed by atoms with E-state index in [0.717, 1.165) is 5.56 Å². The normalized spacial score (nSPS) is 26.4. The van der Waals surface area contributed by atoms with Gasteiger partial charge in [-0.2, -0.15) is 13.5 Å². The molecule has 1 aromatic carbocycles. The van der Waals surface area contributed by atoms with Crippen molar-refractivity contribution in [3.05, 3.63) is 53.6 Å². The topological polar surface area (TPSA) is 117 Å². The van der Waals surface area contributed by atoms with Crippen molar-refractivity contribution in [2.75, 3.05) is 0 Å². The van der Waals surface area contributed by atoms with E-state index in [2.05, 4.69) is 19.9 Å². The number of sulfonamides is 1. The molecule has 180 valence electrons. The summed E-state index contributed by atoms with van der Waals surface area (Å²) in [6, 6.07) is 8.35. The van der Waals surface area contributed by atoms with Gasteiger partial charge in [0.2, 0.25) is 0 Å². The van der Waals surface area contributed by atoms with Crippen molar-refractivity contribution in [2.45, 2.75) is 62.4 Å². The van der Waals surface area contributed by atoms with E-state index in [0.29, 0.717) is 22.6 Å². The van der Waals surface area contributed by atoms with Crippen LogP contribution in [-0.2, 0) is 24.2 Å². The second-order valence-corrected chi connectivity index (χ2v) is 10.7. The van der Waals surface area contributed by atoms with Crippen LogP contribution in [0.15, 0.2) is 52.9 Å². The monoisotopic (exact) mass is 505 g/mol. The fraction of sp³-hybridized carbons (Fsp3) is 0.409. The molecule has 4 heterocycles. The highest BCUT2D eigenvalue weighted by molar-refractivity contribution is 7.89. The minimum Gasteiger partial charge on any atom is -0.349 e. The molecule has 34 heavy (non-hydrogen) atoms. The van der Waals surface area contributed by atoms with E-state index in [1.807, 2.05) is 37.6 Å². The highest BCUT2D eigenvalue weighted by atomic mass is 35.5. The van der Waals surface area contributed by atoms with Gasteiger partial charge in [0.15, 0.2) is 12.0 Å². The zero-order valence-electron chi connectivity index (χ0n) is 18.8. The molecule has 0 aliphatic carbocycles. The van der Waals surface area contributed by atoms with Gasteiger partial charge in [0.1, 0.15) is 29.3 Å². The molecule has 0 spiro atoms. The molecule has 3 aromatic rings. The third kappa shape index (κ3) is 4.29. The molecule has 1 N–H and O–H groups in total. The van der Waals surface area contributed by atoms with Crippen LogP contribution in [0.3, 0.4) is 0 Å². The minimum atomic E-state index is -3.76. The van der Waals surface area contributed by atoms with Gasteiger partial charge in [-0.3, -0.25) is 0 Å². The highest BCUT2D eigenvalue weighted by Gasteiger charge is 2.55. The molecule has 2 aromatic heterocycles. The van der Waals surface area contributed by atoms with E-state index in [1.54, 1.807) is 12.1 Å².